The van der Waals surface area contributed by atoms with Crippen molar-refractivity contribution in [1.29, 1.82) is 0 Å². The topological polar surface area (TPSA) is 39.1 Å². The number of nitrogens with zero attached hydrogens (tertiary/aromatic N) is 2. The highest BCUT2D eigenvalue weighted by Crippen LogP contribution is 2.29. The van der Waals surface area contributed by atoms with Gasteiger partial charge in [0.05, 0.1) is 18.5 Å². The average molecular weight is 331 g/mol. The molecular weight excluding hydrogens is 312 g/mol. The van der Waals surface area contributed by atoms with Crippen LogP contribution in [-0.4, -0.2) is 22.8 Å². The fourth-order valence-corrected chi connectivity index (χ4v) is 2.68. The first-order valence-corrected chi connectivity index (χ1v) is 7.85. The number of aromatic nitrogens is 2. The second-order valence-corrected chi connectivity index (χ2v) is 5.39. The van der Waals surface area contributed by atoms with Crippen molar-refractivity contribution in [3.8, 4) is 5.75 Å². The minimum atomic E-state index is -2.42. The van der Waals surface area contributed by atoms with Gasteiger partial charge in [-0.2, -0.15) is 5.10 Å². The van der Waals surface area contributed by atoms with E-state index in [9.17, 15) is 8.78 Å². The first-order valence-electron chi connectivity index (χ1n) is 7.85. The van der Waals surface area contributed by atoms with E-state index >= 15 is 0 Å². The molecule has 0 bridgehead atoms. The molecule has 0 radical (unpaired) electrons. The number of fused-ring (bicyclic) bond motifs is 1. The minimum Gasteiger partial charge on any atom is -0.494 e. The van der Waals surface area contributed by atoms with Crippen LogP contribution in [0.4, 0.5) is 14.5 Å². The first-order chi connectivity index (χ1) is 11.7. The van der Waals surface area contributed by atoms with E-state index in [4.69, 9.17) is 4.74 Å². The molecule has 24 heavy (non-hydrogen) atoms. The fraction of sp³-hybridized carbons (Fsp3) is 0.278. The molecule has 0 saturated heterocycles. The molecule has 0 saturated carbocycles. The number of hydrogen-bond donors (Lipinski definition) is 1. The van der Waals surface area contributed by atoms with Crippen molar-refractivity contribution in [3.05, 3.63) is 54.4 Å². The van der Waals surface area contributed by atoms with E-state index in [1.807, 2.05) is 31.2 Å². The Morgan fingerprint density at radius 3 is 2.83 bits per heavy atom. The van der Waals surface area contributed by atoms with E-state index in [1.165, 1.54) is 4.68 Å². The second kappa shape index (κ2) is 7.29. The van der Waals surface area contributed by atoms with Crippen molar-refractivity contribution in [2.24, 2.45) is 0 Å². The number of rotatable bonds is 7. The Balaban J connectivity index is 1.83. The zero-order valence-electron chi connectivity index (χ0n) is 13.4. The summed E-state index contributed by atoms with van der Waals surface area (Å²) in [5.41, 5.74) is 1.74. The van der Waals surface area contributed by atoms with Crippen LogP contribution in [0.25, 0.3) is 10.8 Å². The van der Waals surface area contributed by atoms with Crippen LogP contribution in [-0.2, 0) is 13.1 Å². The summed E-state index contributed by atoms with van der Waals surface area (Å²) in [5.74, 6) is 0.823. The van der Waals surface area contributed by atoms with Crippen LogP contribution >= 0.6 is 0 Å². The van der Waals surface area contributed by atoms with Crippen LogP contribution in [0.15, 0.2) is 48.8 Å². The lowest BCUT2D eigenvalue weighted by molar-refractivity contribution is 0.122. The summed E-state index contributed by atoms with van der Waals surface area (Å²) < 4.78 is 31.8. The number of nitrogens with one attached hydrogen (secondary N) is 1. The third-order valence-corrected chi connectivity index (χ3v) is 3.73. The summed E-state index contributed by atoms with van der Waals surface area (Å²) in [6, 6.07) is 12.1. The standard InChI is InChI=1S/C18H19F2N3O/c1-2-24-17-8-7-13-5-3-4-6-15(13)16(17)10-21-14-9-22-23(11-14)12-18(19)20/h3-9,11,18,21H,2,10,12H2,1H3. The van der Waals surface area contributed by atoms with Gasteiger partial charge >= 0.3 is 0 Å². The van der Waals surface area contributed by atoms with Crippen molar-refractivity contribution in [1.82, 2.24) is 9.78 Å². The Bertz CT molecular complexity index is 817. The Labute approximate surface area is 139 Å². The lowest BCUT2D eigenvalue weighted by Crippen LogP contribution is -2.06. The van der Waals surface area contributed by atoms with Gasteiger partial charge in [-0.05, 0) is 23.8 Å². The zero-order valence-corrected chi connectivity index (χ0v) is 13.4. The van der Waals surface area contributed by atoms with Crippen LogP contribution in [0.5, 0.6) is 5.75 Å². The van der Waals surface area contributed by atoms with Gasteiger partial charge in [0.15, 0.2) is 0 Å². The molecule has 6 heteroatoms. The van der Waals surface area contributed by atoms with E-state index in [0.717, 1.165) is 22.1 Å². The van der Waals surface area contributed by atoms with Gasteiger partial charge in [0.25, 0.3) is 6.43 Å². The maximum Gasteiger partial charge on any atom is 0.257 e. The van der Waals surface area contributed by atoms with Gasteiger partial charge in [-0.25, -0.2) is 8.78 Å². The smallest absolute Gasteiger partial charge is 0.257 e. The second-order valence-electron chi connectivity index (χ2n) is 5.39. The van der Waals surface area contributed by atoms with Crippen molar-refractivity contribution < 1.29 is 13.5 Å². The first kappa shape index (κ1) is 16.2. The van der Waals surface area contributed by atoms with Crippen LogP contribution in [0, 0.1) is 0 Å². The predicted molar refractivity (Wildman–Crippen MR) is 90.7 cm³/mol. The predicted octanol–water partition coefficient (Wildman–Crippen LogP) is 4.31. The summed E-state index contributed by atoms with van der Waals surface area (Å²) in [6.07, 6.45) is 0.714. The van der Waals surface area contributed by atoms with Gasteiger partial charge in [-0.3, -0.25) is 4.68 Å². The van der Waals surface area contributed by atoms with E-state index in [-0.39, 0.29) is 0 Å². The van der Waals surface area contributed by atoms with Crippen LogP contribution in [0.1, 0.15) is 12.5 Å². The van der Waals surface area contributed by atoms with Crippen LogP contribution in [0.2, 0.25) is 0 Å². The molecule has 2 aromatic carbocycles. The highest BCUT2D eigenvalue weighted by atomic mass is 19.3. The molecule has 1 aromatic heterocycles. The molecule has 0 spiro atoms. The van der Waals surface area contributed by atoms with Gasteiger partial charge in [0.2, 0.25) is 0 Å². The third-order valence-electron chi connectivity index (χ3n) is 3.73. The number of alkyl halides is 2. The molecule has 0 atom stereocenters. The van der Waals surface area contributed by atoms with Gasteiger partial charge in [0, 0.05) is 18.3 Å². The zero-order chi connectivity index (χ0) is 16.9. The van der Waals surface area contributed by atoms with Crippen molar-refractivity contribution >= 4 is 16.5 Å². The SMILES string of the molecule is CCOc1ccc2ccccc2c1CNc1cnn(CC(F)F)c1. The number of halogens is 2. The van der Waals surface area contributed by atoms with Crippen molar-refractivity contribution in [3.63, 3.8) is 0 Å². The lowest BCUT2D eigenvalue weighted by atomic mass is 10.0. The molecule has 1 N–H and O–H groups in total. The molecule has 0 aliphatic carbocycles. The van der Waals surface area contributed by atoms with Gasteiger partial charge < -0.3 is 10.1 Å². The van der Waals surface area contributed by atoms with E-state index in [1.54, 1.807) is 12.4 Å². The number of ether oxygens (including phenoxy) is 1. The van der Waals surface area contributed by atoms with E-state index in [0.29, 0.717) is 18.8 Å². The van der Waals surface area contributed by atoms with E-state index in [2.05, 4.69) is 22.5 Å². The van der Waals surface area contributed by atoms with Crippen LogP contribution < -0.4 is 10.1 Å². The highest BCUT2D eigenvalue weighted by molar-refractivity contribution is 5.88. The Morgan fingerprint density at radius 2 is 2.04 bits per heavy atom. The monoisotopic (exact) mass is 331 g/mol. The van der Waals surface area contributed by atoms with Gasteiger partial charge in [-0.15, -0.1) is 0 Å². The molecule has 3 aromatic rings. The van der Waals surface area contributed by atoms with Crippen molar-refractivity contribution in [2.75, 3.05) is 11.9 Å². The highest BCUT2D eigenvalue weighted by Gasteiger charge is 2.10. The molecule has 3 rings (SSSR count). The molecule has 126 valence electrons. The van der Waals surface area contributed by atoms with Crippen molar-refractivity contribution in [2.45, 2.75) is 26.4 Å². The summed E-state index contributed by atoms with van der Waals surface area (Å²) in [7, 11) is 0. The Hall–Kier alpha value is -2.63. The van der Waals surface area contributed by atoms with Crippen LogP contribution in [0.3, 0.4) is 0 Å². The molecule has 0 unspecified atom stereocenters. The quantitative estimate of drug-likeness (QED) is 0.701. The normalized spacial score (nSPS) is 11.2. The molecule has 1 heterocycles. The minimum absolute atomic E-state index is 0.403. The fourth-order valence-electron chi connectivity index (χ4n) is 2.68. The third kappa shape index (κ3) is 3.64. The Kier molecular flexibility index (Phi) is 4.93. The summed E-state index contributed by atoms with van der Waals surface area (Å²) >= 11 is 0. The maximum absolute atomic E-state index is 12.4. The largest absolute Gasteiger partial charge is 0.494 e. The van der Waals surface area contributed by atoms with Gasteiger partial charge in [-0.1, -0.05) is 30.3 Å². The molecule has 4 nitrogen and oxygen atoms in total. The maximum atomic E-state index is 12.4. The molecular formula is C18H19F2N3O. The number of hydrogen-bond acceptors (Lipinski definition) is 3. The molecule has 0 aliphatic heterocycles. The average Bonchev–Trinajstić information content (AvgIpc) is 3.00. The summed E-state index contributed by atoms with van der Waals surface area (Å²) in [6.45, 7) is 2.65. The van der Waals surface area contributed by atoms with Gasteiger partial charge in [0.1, 0.15) is 12.3 Å². The Morgan fingerprint density at radius 1 is 1.21 bits per heavy atom. The van der Waals surface area contributed by atoms with E-state index < -0.39 is 13.0 Å². The number of anilines is 1. The molecule has 0 amide bonds. The molecule has 0 fully saturated rings. The lowest BCUT2D eigenvalue weighted by Gasteiger charge is -2.14. The molecule has 0 aliphatic rings. The summed E-state index contributed by atoms with van der Waals surface area (Å²) in [4.78, 5) is 0. The number of benzene rings is 2. The summed E-state index contributed by atoms with van der Waals surface area (Å²) in [5, 5.41) is 9.41.